The van der Waals surface area contributed by atoms with Gasteiger partial charge in [-0.05, 0) is 62.6 Å². The molecule has 3 fully saturated rings. The molecule has 0 aliphatic carbocycles. The van der Waals surface area contributed by atoms with Crippen LogP contribution in [0.2, 0.25) is 0 Å². The highest BCUT2D eigenvalue weighted by atomic mass is 16.5. The van der Waals surface area contributed by atoms with E-state index in [0.717, 1.165) is 69.3 Å². The maximum atomic E-state index is 13.0. The first-order chi connectivity index (χ1) is 14.6. The van der Waals surface area contributed by atoms with Crippen LogP contribution in [-0.2, 0) is 9.53 Å². The number of amides is 2. The summed E-state index contributed by atoms with van der Waals surface area (Å²) in [5.41, 5.74) is 2.28. The van der Waals surface area contributed by atoms with E-state index in [1.165, 1.54) is 0 Å². The van der Waals surface area contributed by atoms with Gasteiger partial charge in [0.25, 0.3) is 5.91 Å². The van der Waals surface area contributed by atoms with Crippen LogP contribution >= 0.6 is 0 Å². The number of hydrogen-bond donors (Lipinski definition) is 1. The van der Waals surface area contributed by atoms with Crippen molar-refractivity contribution in [2.24, 2.45) is 5.92 Å². The molecule has 3 aliphatic rings. The third-order valence-corrected chi connectivity index (χ3v) is 7.15. The number of imidazole rings is 1. The molecule has 2 aromatic rings. The van der Waals surface area contributed by atoms with Gasteiger partial charge < -0.3 is 19.5 Å². The fraction of sp³-hybridized carbons (Fsp3) is 0.609. The summed E-state index contributed by atoms with van der Waals surface area (Å²) in [6.45, 7) is 3.98. The smallest absolute Gasteiger partial charge is 0.253 e. The van der Waals surface area contributed by atoms with Gasteiger partial charge in [-0.2, -0.15) is 0 Å². The topological polar surface area (TPSA) is 78.5 Å². The van der Waals surface area contributed by atoms with Gasteiger partial charge in [0.15, 0.2) is 0 Å². The van der Waals surface area contributed by atoms with Crippen molar-refractivity contribution in [3.63, 3.8) is 0 Å². The van der Waals surface area contributed by atoms with E-state index in [-0.39, 0.29) is 11.5 Å². The molecular weight excluding hydrogens is 380 g/mol. The van der Waals surface area contributed by atoms with E-state index >= 15 is 0 Å². The van der Waals surface area contributed by atoms with E-state index in [4.69, 9.17) is 4.74 Å². The van der Waals surface area contributed by atoms with Crippen LogP contribution in [0.15, 0.2) is 24.5 Å². The second-order valence-electron chi connectivity index (χ2n) is 9.11. The number of aromatic amines is 1. The van der Waals surface area contributed by atoms with Crippen molar-refractivity contribution in [3.8, 4) is 0 Å². The van der Waals surface area contributed by atoms with Crippen molar-refractivity contribution in [1.82, 2.24) is 19.8 Å². The van der Waals surface area contributed by atoms with Gasteiger partial charge >= 0.3 is 0 Å². The highest BCUT2D eigenvalue weighted by Gasteiger charge is 2.42. The summed E-state index contributed by atoms with van der Waals surface area (Å²) in [6, 6.07) is 5.62. The van der Waals surface area contributed by atoms with Gasteiger partial charge in [0.2, 0.25) is 5.91 Å². The van der Waals surface area contributed by atoms with Crippen LogP contribution in [0.25, 0.3) is 11.0 Å². The molecule has 1 aromatic carbocycles. The third-order valence-electron chi connectivity index (χ3n) is 7.15. The number of likely N-dealkylation sites (tertiary alicyclic amines) is 2. The van der Waals surface area contributed by atoms with Gasteiger partial charge in [0.05, 0.1) is 23.0 Å². The lowest BCUT2D eigenvalue weighted by Gasteiger charge is -2.46. The van der Waals surface area contributed by atoms with Crippen LogP contribution in [0.4, 0.5) is 0 Å². The molecule has 0 bridgehead atoms. The summed E-state index contributed by atoms with van der Waals surface area (Å²) in [5, 5.41) is 0. The van der Waals surface area contributed by atoms with E-state index in [1.54, 1.807) is 6.33 Å². The SMILES string of the molecule is O=C(CC1CCOC2(CCN(C(=O)c3ccc4nc[nH]c4c3)CC2)C1)N1CCCC1. The Morgan fingerprint density at radius 2 is 1.93 bits per heavy atom. The molecule has 2 amide bonds. The monoisotopic (exact) mass is 410 g/mol. The zero-order chi connectivity index (χ0) is 20.6. The number of ether oxygens (including phenoxy) is 1. The predicted octanol–water partition coefficient (Wildman–Crippen LogP) is 2.98. The minimum Gasteiger partial charge on any atom is -0.375 e. The van der Waals surface area contributed by atoms with E-state index in [0.29, 0.717) is 36.9 Å². The molecule has 4 heterocycles. The second-order valence-corrected chi connectivity index (χ2v) is 9.11. The minimum absolute atomic E-state index is 0.0675. The summed E-state index contributed by atoms with van der Waals surface area (Å²) < 4.78 is 6.25. The fourth-order valence-electron chi connectivity index (χ4n) is 5.36. The Bertz CT molecular complexity index is 925. The lowest BCUT2D eigenvalue weighted by molar-refractivity contribution is -0.140. The van der Waals surface area contributed by atoms with Crippen LogP contribution in [0.1, 0.15) is 55.3 Å². The zero-order valence-corrected chi connectivity index (χ0v) is 17.4. The lowest BCUT2D eigenvalue weighted by atomic mass is 9.78. The molecule has 0 saturated carbocycles. The van der Waals surface area contributed by atoms with Crippen molar-refractivity contribution < 1.29 is 14.3 Å². The number of rotatable bonds is 3. The van der Waals surface area contributed by atoms with Crippen LogP contribution in [0.5, 0.6) is 0 Å². The first kappa shape index (κ1) is 19.5. The lowest BCUT2D eigenvalue weighted by Crippen LogP contribution is -2.51. The standard InChI is InChI=1S/C23H30N4O3/c28-21(26-8-1-2-9-26)13-17-5-12-30-23(15-17)6-10-27(11-7-23)22(29)18-3-4-19-20(14-18)25-16-24-19/h3-4,14,16-17H,1-2,5-13,15H2,(H,24,25). The molecule has 1 atom stereocenters. The molecule has 7 nitrogen and oxygen atoms in total. The van der Waals surface area contributed by atoms with Gasteiger partial charge in [0.1, 0.15) is 0 Å². The maximum Gasteiger partial charge on any atom is 0.253 e. The molecule has 1 unspecified atom stereocenters. The summed E-state index contributed by atoms with van der Waals surface area (Å²) in [7, 11) is 0. The number of aromatic nitrogens is 2. The van der Waals surface area contributed by atoms with E-state index in [2.05, 4.69) is 9.97 Å². The molecule has 1 aromatic heterocycles. The number of H-pyrrole nitrogens is 1. The van der Waals surface area contributed by atoms with E-state index in [1.807, 2.05) is 28.0 Å². The number of hydrogen-bond acceptors (Lipinski definition) is 4. The highest BCUT2D eigenvalue weighted by Crippen LogP contribution is 2.39. The number of carbonyl (C=O) groups is 2. The largest absolute Gasteiger partial charge is 0.375 e. The summed E-state index contributed by atoms with van der Waals surface area (Å²) in [4.78, 5) is 36.8. The summed E-state index contributed by atoms with van der Waals surface area (Å²) in [5.74, 6) is 0.783. The van der Waals surface area contributed by atoms with Gasteiger partial charge in [0, 0.05) is 44.8 Å². The molecule has 160 valence electrons. The predicted molar refractivity (Wildman–Crippen MR) is 113 cm³/mol. The number of piperidine rings is 1. The molecule has 7 heteroatoms. The highest BCUT2D eigenvalue weighted by molar-refractivity contribution is 5.97. The third kappa shape index (κ3) is 3.83. The zero-order valence-electron chi connectivity index (χ0n) is 17.4. The van der Waals surface area contributed by atoms with E-state index in [9.17, 15) is 9.59 Å². The number of fused-ring (bicyclic) bond motifs is 1. The van der Waals surface area contributed by atoms with Crippen LogP contribution in [0.3, 0.4) is 0 Å². The quantitative estimate of drug-likeness (QED) is 0.844. The molecule has 1 spiro atoms. The van der Waals surface area contributed by atoms with Gasteiger partial charge in [-0.3, -0.25) is 9.59 Å². The Morgan fingerprint density at radius 3 is 2.73 bits per heavy atom. The average molecular weight is 411 g/mol. The average Bonchev–Trinajstić information content (AvgIpc) is 3.45. The molecular formula is C23H30N4O3. The maximum absolute atomic E-state index is 13.0. The Hall–Kier alpha value is -2.41. The molecule has 3 aliphatic heterocycles. The van der Waals surface area contributed by atoms with Gasteiger partial charge in [-0.25, -0.2) is 4.98 Å². The van der Waals surface area contributed by atoms with Crippen molar-refractivity contribution >= 4 is 22.8 Å². The minimum atomic E-state index is -0.168. The Morgan fingerprint density at radius 1 is 1.13 bits per heavy atom. The molecule has 1 N–H and O–H groups in total. The van der Waals surface area contributed by atoms with Gasteiger partial charge in [-0.1, -0.05) is 0 Å². The number of nitrogens with zero attached hydrogens (tertiary/aromatic N) is 3. The Labute approximate surface area is 176 Å². The van der Waals surface area contributed by atoms with Crippen LogP contribution in [0, 0.1) is 5.92 Å². The van der Waals surface area contributed by atoms with Crippen molar-refractivity contribution in [2.75, 3.05) is 32.8 Å². The number of benzene rings is 1. The van der Waals surface area contributed by atoms with Crippen molar-refractivity contribution in [3.05, 3.63) is 30.1 Å². The number of carbonyl (C=O) groups excluding carboxylic acids is 2. The fourth-order valence-corrected chi connectivity index (χ4v) is 5.36. The van der Waals surface area contributed by atoms with Crippen molar-refractivity contribution in [1.29, 1.82) is 0 Å². The molecule has 3 saturated heterocycles. The first-order valence-corrected chi connectivity index (χ1v) is 11.3. The summed E-state index contributed by atoms with van der Waals surface area (Å²) in [6.07, 6.45) is 8.18. The van der Waals surface area contributed by atoms with Crippen LogP contribution in [-0.4, -0.2) is 70.0 Å². The molecule has 0 radical (unpaired) electrons. The second kappa shape index (κ2) is 8.02. The number of nitrogens with one attached hydrogen (secondary N) is 1. The normalized spacial score (nSPS) is 23.9. The Balaban J connectivity index is 1.19. The Kier molecular flexibility index (Phi) is 5.23. The molecule has 5 rings (SSSR count). The molecule has 30 heavy (non-hydrogen) atoms. The summed E-state index contributed by atoms with van der Waals surface area (Å²) >= 11 is 0. The van der Waals surface area contributed by atoms with Crippen molar-refractivity contribution in [2.45, 2.75) is 50.5 Å². The first-order valence-electron chi connectivity index (χ1n) is 11.3. The van der Waals surface area contributed by atoms with Gasteiger partial charge in [-0.15, -0.1) is 0 Å². The van der Waals surface area contributed by atoms with E-state index < -0.39 is 0 Å². The van der Waals surface area contributed by atoms with Crippen LogP contribution < -0.4 is 0 Å².